The van der Waals surface area contributed by atoms with Gasteiger partial charge in [0.1, 0.15) is 36.2 Å². The van der Waals surface area contributed by atoms with Gasteiger partial charge in [0, 0.05) is 11.8 Å². The number of ether oxygens (including phenoxy) is 6. The summed E-state index contributed by atoms with van der Waals surface area (Å²) >= 11 is 0. The minimum Gasteiger partial charge on any atom is -0.497 e. The van der Waals surface area contributed by atoms with Gasteiger partial charge in [-0.1, -0.05) is 71.8 Å². The first-order chi connectivity index (χ1) is 27.7. The van der Waals surface area contributed by atoms with E-state index >= 15 is 0 Å². The van der Waals surface area contributed by atoms with Crippen molar-refractivity contribution >= 4 is 23.9 Å². The van der Waals surface area contributed by atoms with Gasteiger partial charge in [0.15, 0.2) is 11.8 Å². The van der Waals surface area contributed by atoms with Gasteiger partial charge in [0.2, 0.25) is 0 Å². The molecule has 4 aromatic carbocycles. The average Bonchev–Trinajstić information content (AvgIpc) is 3.21. The van der Waals surface area contributed by atoms with E-state index in [2.05, 4.69) is 0 Å². The van der Waals surface area contributed by atoms with Crippen LogP contribution in [0.5, 0.6) is 23.0 Å². The molecule has 2 unspecified atom stereocenters. The first kappa shape index (κ1) is 45.8. The van der Waals surface area contributed by atoms with E-state index in [9.17, 15) is 29.4 Å². The van der Waals surface area contributed by atoms with Gasteiger partial charge in [-0.25, -0.2) is 0 Å². The maximum Gasteiger partial charge on any atom is 0.321 e. The highest BCUT2D eigenvalue weighted by Crippen LogP contribution is 2.32. The van der Waals surface area contributed by atoms with Crippen molar-refractivity contribution in [3.05, 3.63) is 143 Å². The van der Waals surface area contributed by atoms with Crippen LogP contribution in [0.4, 0.5) is 0 Å². The summed E-state index contributed by atoms with van der Waals surface area (Å²) in [7, 11) is 5.74. The van der Waals surface area contributed by atoms with E-state index in [1.165, 1.54) is 14.2 Å². The van der Waals surface area contributed by atoms with Crippen LogP contribution in [-0.2, 0) is 41.9 Å². The van der Waals surface area contributed by atoms with Gasteiger partial charge in [0.05, 0.1) is 28.4 Å². The molecule has 2 N–H and O–H groups in total. The Hall–Kier alpha value is -6.56. The minimum absolute atomic E-state index is 0.348. The number of hydrogen-bond donors (Lipinski definition) is 2. The van der Waals surface area contributed by atoms with Crippen LogP contribution < -0.4 is 18.9 Å². The topological polar surface area (TPSA) is 164 Å². The Balaban J connectivity index is 0.000000311. The van der Waals surface area contributed by atoms with Crippen molar-refractivity contribution < 1.29 is 57.8 Å². The van der Waals surface area contributed by atoms with Crippen molar-refractivity contribution in [2.24, 2.45) is 11.8 Å². The van der Waals surface area contributed by atoms with E-state index in [1.807, 2.05) is 92.7 Å². The Morgan fingerprint density at radius 1 is 0.517 bits per heavy atom. The number of carboxylic acid groups (broad SMARTS) is 2. The molecule has 0 fully saturated rings. The van der Waals surface area contributed by atoms with Gasteiger partial charge < -0.3 is 38.6 Å². The van der Waals surface area contributed by atoms with Crippen LogP contribution in [0.3, 0.4) is 0 Å². The molecule has 0 heterocycles. The minimum atomic E-state index is -1.56. The lowest BCUT2D eigenvalue weighted by molar-refractivity contribution is -0.160. The lowest BCUT2D eigenvalue weighted by Crippen LogP contribution is -2.31. The molecule has 58 heavy (non-hydrogen) atoms. The molecule has 0 spiro atoms. The number of carboxylic acids is 2. The van der Waals surface area contributed by atoms with E-state index in [0.29, 0.717) is 30.3 Å². The van der Waals surface area contributed by atoms with Gasteiger partial charge in [-0.15, -0.1) is 0 Å². The van der Waals surface area contributed by atoms with Crippen LogP contribution in [0.2, 0.25) is 0 Å². The van der Waals surface area contributed by atoms with Crippen LogP contribution in [-0.4, -0.2) is 62.5 Å². The molecule has 12 heteroatoms. The number of methoxy groups -OCH3 is 4. The molecule has 0 radical (unpaired) electrons. The third-order valence-electron chi connectivity index (χ3n) is 8.80. The van der Waals surface area contributed by atoms with Crippen molar-refractivity contribution in [2.75, 3.05) is 28.4 Å². The molecule has 4 aromatic rings. The summed E-state index contributed by atoms with van der Waals surface area (Å²) in [4.78, 5) is 47.5. The van der Waals surface area contributed by atoms with E-state index < -0.39 is 47.5 Å². The Kier molecular flexibility index (Phi) is 18.1. The fourth-order valence-corrected chi connectivity index (χ4v) is 5.97. The highest BCUT2D eigenvalue weighted by molar-refractivity contribution is 5.96. The monoisotopic (exact) mass is 796 g/mol. The Morgan fingerprint density at radius 2 is 0.879 bits per heavy atom. The predicted octanol–water partition coefficient (Wildman–Crippen LogP) is 8.40. The third kappa shape index (κ3) is 13.9. The van der Waals surface area contributed by atoms with Crippen molar-refractivity contribution in [3.8, 4) is 23.0 Å². The standard InChI is InChI=1S/C24H28O6.C22H24O6/c1-16(2)13-21(22(23(25)28-4)24(26)29-5)18-9-11-19(12-10-18)30-15-17-7-6-8-20(14-17)27-3;1-14(2)11-19(20(21(23)24)22(25)26)16-7-9-17(10-8-16)28-13-15-5-4-6-18(12-15)27-3/h6-14,21-22H,15H2,1-5H3;4-12,19-20H,13H2,1-3H3,(H,23,24)(H,25,26). The number of rotatable bonds is 18. The van der Waals surface area contributed by atoms with Crippen LogP contribution in [0.1, 0.15) is 61.8 Å². The van der Waals surface area contributed by atoms with Gasteiger partial charge in [-0.3, -0.25) is 19.2 Å². The smallest absolute Gasteiger partial charge is 0.321 e. The van der Waals surface area contributed by atoms with Gasteiger partial charge in [0.25, 0.3) is 0 Å². The Labute approximate surface area is 339 Å². The summed E-state index contributed by atoms with van der Waals surface area (Å²) in [5.41, 5.74) is 5.13. The SMILES string of the molecule is COC(=O)C(C(=O)OC)C(C=C(C)C)c1ccc(OCc2cccc(OC)c2)cc1.COc1cccc(COc2ccc(C(C=C(C)C)C(C(=O)O)C(=O)O)cc2)c1. The fraction of sp³-hybridized carbons (Fsp3) is 0.304. The molecule has 0 bridgehead atoms. The Morgan fingerprint density at radius 3 is 1.19 bits per heavy atom. The quantitative estimate of drug-likeness (QED) is 0.0562. The maximum atomic E-state index is 12.3. The van der Waals surface area contributed by atoms with Crippen LogP contribution in [0, 0.1) is 11.8 Å². The molecular formula is C46H52O12. The lowest BCUT2D eigenvalue weighted by atomic mass is 9.84. The zero-order valence-corrected chi connectivity index (χ0v) is 34.1. The first-order valence-electron chi connectivity index (χ1n) is 18.3. The largest absolute Gasteiger partial charge is 0.497 e. The second-order valence-electron chi connectivity index (χ2n) is 13.6. The molecule has 12 nitrogen and oxygen atoms in total. The fourth-order valence-electron chi connectivity index (χ4n) is 5.97. The molecule has 0 saturated carbocycles. The number of esters is 2. The predicted molar refractivity (Wildman–Crippen MR) is 218 cm³/mol. The maximum absolute atomic E-state index is 12.3. The van der Waals surface area contributed by atoms with Crippen LogP contribution in [0.15, 0.2) is 120 Å². The van der Waals surface area contributed by atoms with E-state index in [1.54, 1.807) is 58.4 Å². The summed E-state index contributed by atoms with van der Waals surface area (Å²) in [6.07, 6.45) is 3.53. The van der Waals surface area contributed by atoms with Crippen molar-refractivity contribution in [1.29, 1.82) is 0 Å². The van der Waals surface area contributed by atoms with Gasteiger partial charge >= 0.3 is 23.9 Å². The number of carbonyl (C=O) groups is 4. The van der Waals surface area contributed by atoms with Gasteiger partial charge in [-0.2, -0.15) is 0 Å². The zero-order valence-electron chi connectivity index (χ0n) is 34.1. The van der Waals surface area contributed by atoms with Gasteiger partial charge in [-0.05, 0) is 98.5 Å². The molecule has 0 amide bonds. The van der Waals surface area contributed by atoms with Crippen LogP contribution in [0.25, 0.3) is 0 Å². The third-order valence-corrected chi connectivity index (χ3v) is 8.80. The zero-order chi connectivity index (χ0) is 42.8. The summed E-state index contributed by atoms with van der Waals surface area (Å²) < 4.78 is 31.7. The molecule has 0 aliphatic carbocycles. The molecule has 2 atom stereocenters. The van der Waals surface area contributed by atoms with E-state index in [0.717, 1.165) is 39.3 Å². The van der Waals surface area contributed by atoms with E-state index in [-0.39, 0.29) is 0 Å². The Bertz CT molecular complexity index is 1990. The van der Waals surface area contributed by atoms with Crippen molar-refractivity contribution in [1.82, 2.24) is 0 Å². The molecular weight excluding hydrogens is 744 g/mol. The summed E-state index contributed by atoms with van der Waals surface area (Å²) in [6, 6.07) is 29.3. The lowest BCUT2D eigenvalue weighted by Gasteiger charge is -2.22. The summed E-state index contributed by atoms with van der Waals surface area (Å²) in [5, 5.41) is 18.7. The summed E-state index contributed by atoms with van der Waals surface area (Å²) in [6.45, 7) is 8.16. The molecule has 0 aliphatic heterocycles. The van der Waals surface area contributed by atoms with Crippen molar-refractivity contribution in [2.45, 2.75) is 52.7 Å². The molecule has 4 rings (SSSR count). The number of benzene rings is 4. The van der Waals surface area contributed by atoms with E-state index in [4.69, 9.17) is 28.4 Å². The normalized spacial score (nSPS) is 11.5. The highest BCUT2D eigenvalue weighted by Gasteiger charge is 2.37. The highest BCUT2D eigenvalue weighted by atomic mass is 16.5. The molecule has 0 aliphatic rings. The number of aliphatic carboxylic acids is 2. The second kappa shape index (κ2) is 22.9. The number of hydrogen-bond acceptors (Lipinski definition) is 10. The van der Waals surface area contributed by atoms with Crippen molar-refractivity contribution in [3.63, 3.8) is 0 Å². The molecule has 308 valence electrons. The molecule has 0 saturated heterocycles. The number of allylic oxidation sites excluding steroid dienone is 4. The first-order valence-corrected chi connectivity index (χ1v) is 18.3. The average molecular weight is 797 g/mol. The summed E-state index contributed by atoms with van der Waals surface area (Å²) in [5.74, 6) is -5.14. The number of carbonyl (C=O) groups excluding carboxylic acids is 2. The van der Waals surface area contributed by atoms with Crippen LogP contribution >= 0.6 is 0 Å². The second-order valence-corrected chi connectivity index (χ2v) is 13.6. The molecule has 0 aromatic heterocycles.